The van der Waals surface area contributed by atoms with Gasteiger partial charge in [0.25, 0.3) is 10.0 Å². The van der Waals surface area contributed by atoms with Gasteiger partial charge in [0, 0.05) is 11.6 Å². The molecular weight excluding hydrogens is 410 g/mol. The number of sulfonamides is 1. The van der Waals surface area contributed by atoms with Crippen molar-refractivity contribution >= 4 is 21.9 Å². The topological polar surface area (TPSA) is 120 Å². The summed E-state index contributed by atoms with van der Waals surface area (Å²) in [5.41, 5.74) is 2.15. The fraction of sp³-hybridized carbons (Fsp3) is 0.350. The lowest BCUT2D eigenvalue weighted by atomic mass is 10.1. The van der Waals surface area contributed by atoms with Gasteiger partial charge in [-0.05, 0) is 51.8 Å². The zero-order chi connectivity index (χ0) is 22.5. The van der Waals surface area contributed by atoms with Gasteiger partial charge in [-0.1, -0.05) is 17.7 Å². The van der Waals surface area contributed by atoms with Crippen molar-refractivity contribution in [2.24, 2.45) is 5.10 Å². The second-order valence-corrected chi connectivity index (χ2v) is 8.17. The molecule has 0 spiro atoms. The van der Waals surface area contributed by atoms with Crippen LogP contribution in [0, 0.1) is 30.9 Å². The highest BCUT2D eigenvalue weighted by atomic mass is 32.2. The second-order valence-electron chi connectivity index (χ2n) is 6.57. The minimum Gasteiger partial charge on any atom is -0.490 e. The lowest BCUT2D eigenvalue weighted by Gasteiger charge is -2.12. The first kappa shape index (κ1) is 23.1. The summed E-state index contributed by atoms with van der Waals surface area (Å²) in [4.78, 5) is 13.2. The molecule has 1 N–H and O–H groups in total. The van der Waals surface area contributed by atoms with Crippen molar-refractivity contribution < 1.29 is 22.8 Å². The van der Waals surface area contributed by atoms with E-state index in [0.717, 1.165) is 5.56 Å². The standard InChI is InChI=1S/C20H25N3O6S/c1-6-28-18-11-16(10-17(23(24)25)19(18)29-7-2)12-21-22-30(26,27)20-14(4)8-13(3)9-15(20)5/h8-12,22H,6-7H2,1-5H3/b21-12+. The van der Waals surface area contributed by atoms with Crippen LogP contribution in [-0.2, 0) is 10.0 Å². The Kier molecular flexibility index (Phi) is 7.38. The summed E-state index contributed by atoms with van der Waals surface area (Å²) in [6, 6.07) is 6.29. The molecular formula is C20H25N3O6S. The Morgan fingerprint density at radius 2 is 1.67 bits per heavy atom. The minimum absolute atomic E-state index is 0.0213. The van der Waals surface area contributed by atoms with Crippen molar-refractivity contribution in [2.75, 3.05) is 13.2 Å². The fourth-order valence-electron chi connectivity index (χ4n) is 3.18. The Hall–Kier alpha value is -3.14. The summed E-state index contributed by atoms with van der Waals surface area (Å²) < 4.78 is 36.2. The lowest BCUT2D eigenvalue weighted by molar-refractivity contribution is -0.385. The molecule has 9 nitrogen and oxygen atoms in total. The van der Waals surface area contributed by atoms with Gasteiger partial charge in [-0.2, -0.15) is 13.5 Å². The van der Waals surface area contributed by atoms with E-state index in [1.54, 1.807) is 39.8 Å². The van der Waals surface area contributed by atoms with E-state index in [0.29, 0.717) is 11.1 Å². The number of rotatable bonds is 9. The Balaban J connectivity index is 2.39. The third-order valence-corrected chi connectivity index (χ3v) is 5.63. The molecule has 0 heterocycles. The molecule has 2 aromatic carbocycles. The van der Waals surface area contributed by atoms with Crippen LogP contribution in [0.4, 0.5) is 5.69 Å². The van der Waals surface area contributed by atoms with Crippen LogP contribution in [0.2, 0.25) is 0 Å². The van der Waals surface area contributed by atoms with Crippen molar-refractivity contribution in [3.05, 3.63) is 56.6 Å². The quantitative estimate of drug-likeness (QED) is 0.365. The van der Waals surface area contributed by atoms with E-state index in [9.17, 15) is 18.5 Å². The average Bonchev–Trinajstić information content (AvgIpc) is 2.62. The van der Waals surface area contributed by atoms with E-state index in [1.165, 1.54) is 18.3 Å². The summed E-state index contributed by atoms with van der Waals surface area (Å²) in [6.45, 7) is 9.25. The average molecular weight is 436 g/mol. The number of nitro groups is 1. The molecule has 0 aliphatic heterocycles. The van der Waals surface area contributed by atoms with Crippen LogP contribution >= 0.6 is 0 Å². The molecule has 10 heteroatoms. The first-order chi connectivity index (χ1) is 14.1. The van der Waals surface area contributed by atoms with Crippen LogP contribution in [0.15, 0.2) is 34.3 Å². The van der Waals surface area contributed by atoms with Gasteiger partial charge in [-0.3, -0.25) is 10.1 Å². The molecule has 0 bridgehead atoms. The molecule has 0 aliphatic rings. The van der Waals surface area contributed by atoms with Gasteiger partial charge in [0.15, 0.2) is 5.75 Å². The number of nitrogens with zero attached hydrogens (tertiary/aromatic N) is 2. The van der Waals surface area contributed by atoms with Crippen molar-refractivity contribution in [1.82, 2.24) is 4.83 Å². The van der Waals surface area contributed by atoms with E-state index >= 15 is 0 Å². The highest BCUT2D eigenvalue weighted by Gasteiger charge is 2.22. The monoisotopic (exact) mass is 435 g/mol. The van der Waals surface area contributed by atoms with Gasteiger partial charge in [0.1, 0.15) is 0 Å². The molecule has 0 atom stereocenters. The van der Waals surface area contributed by atoms with Gasteiger partial charge < -0.3 is 9.47 Å². The van der Waals surface area contributed by atoms with Crippen LogP contribution < -0.4 is 14.3 Å². The Bertz CT molecular complexity index is 1060. The molecule has 0 amide bonds. The molecule has 0 saturated heterocycles. The molecule has 30 heavy (non-hydrogen) atoms. The Morgan fingerprint density at radius 3 is 2.20 bits per heavy atom. The SMILES string of the molecule is CCOc1cc(/C=N/NS(=O)(=O)c2c(C)cc(C)cc2C)cc([N+](=O)[O-])c1OCC. The van der Waals surface area contributed by atoms with Crippen molar-refractivity contribution in [1.29, 1.82) is 0 Å². The number of hydrogen-bond acceptors (Lipinski definition) is 7. The van der Waals surface area contributed by atoms with Crippen LogP contribution in [0.5, 0.6) is 11.5 Å². The third-order valence-electron chi connectivity index (χ3n) is 4.10. The molecule has 2 rings (SSSR count). The van der Waals surface area contributed by atoms with E-state index in [2.05, 4.69) is 9.93 Å². The highest BCUT2D eigenvalue weighted by Crippen LogP contribution is 2.38. The van der Waals surface area contributed by atoms with Crippen molar-refractivity contribution in [3.63, 3.8) is 0 Å². The number of ether oxygens (including phenoxy) is 2. The maximum Gasteiger partial charge on any atom is 0.315 e. The zero-order valence-electron chi connectivity index (χ0n) is 17.6. The molecule has 162 valence electrons. The van der Waals surface area contributed by atoms with E-state index in [1.807, 2.05) is 6.92 Å². The van der Waals surface area contributed by atoms with Gasteiger partial charge in [-0.25, -0.2) is 4.83 Å². The van der Waals surface area contributed by atoms with Crippen LogP contribution in [0.3, 0.4) is 0 Å². The second kappa shape index (κ2) is 9.57. The number of hydrazone groups is 1. The zero-order valence-corrected chi connectivity index (χ0v) is 18.4. The van der Waals surface area contributed by atoms with Gasteiger partial charge in [-0.15, -0.1) is 0 Å². The molecule has 0 saturated carbocycles. The molecule has 0 aliphatic carbocycles. The lowest BCUT2D eigenvalue weighted by Crippen LogP contribution is -2.20. The summed E-state index contributed by atoms with van der Waals surface area (Å²) in [6.07, 6.45) is 1.18. The minimum atomic E-state index is -3.91. The normalized spacial score (nSPS) is 11.5. The van der Waals surface area contributed by atoms with E-state index in [-0.39, 0.29) is 40.9 Å². The van der Waals surface area contributed by atoms with Gasteiger partial charge in [0.05, 0.1) is 29.2 Å². The number of nitro benzene ring substituents is 1. The number of hydrogen-bond donors (Lipinski definition) is 1. The smallest absolute Gasteiger partial charge is 0.315 e. The van der Waals surface area contributed by atoms with Crippen LogP contribution in [0.1, 0.15) is 36.1 Å². The predicted octanol–water partition coefficient (Wildman–Crippen LogP) is 3.63. The predicted molar refractivity (Wildman–Crippen MR) is 114 cm³/mol. The third kappa shape index (κ3) is 5.26. The van der Waals surface area contributed by atoms with Gasteiger partial charge in [0.2, 0.25) is 5.75 Å². The number of nitrogens with one attached hydrogen (secondary N) is 1. The first-order valence-electron chi connectivity index (χ1n) is 9.31. The molecule has 0 unspecified atom stereocenters. The van der Waals surface area contributed by atoms with Crippen LogP contribution in [0.25, 0.3) is 0 Å². The van der Waals surface area contributed by atoms with E-state index in [4.69, 9.17) is 9.47 Å². The number of benzene rings is 2. The fourth-order valence-corrected chi connectivity index (χ4v) is 4.43. The number of aryl methyl sites for hydroxylation is 3. The maximum absolute atomic E-state index is 12.7. The molecule has 0 fully saturated rings. The Labute approximate surface area is 175 Å². The van der Waals surface area contributed by atoms with Crippen LogP contribution in [-0.4, -0.2) is 32.8 Å². The summed E-state index contributed by atoms with van der Waals surface area (Å²) in [7, 11) is -3.91. The molecule has 0 aromatic heterocycles. The van der Waals surface area contributed by atoms with Gasteiger partial charge >= 0.3 is 5.69 Å². The van der Waals surface area contributed by atoms with Crippen molar-refractivity contribution in [2.45, 2.75) is 39.5 Å². The summed E-state index contributed by atoms with van der Waals surface area (Å²) in [5, 5.41) is 15.2. The summed E-state index contributed by atoms with van der Waals surface area (Å²) in [5.74, 6) is 0.205. The largest absolute Gasteiger partial charge is 0.490 e. The van der Waals surface area contributed by atoms with Crippen molar-refractivity contribution in [3.8, 4) is 11.5 Å². The maximum atomic E-state index is 12.7. The Morgan fingerprint density at radius 1 is 1.07 bits per heavy atom. The molecule has 0 radical (unpaired) electrons. The van der Waals surface area contributed by atoms with E-state index < -0.39 is 14.9 Å². The molecule has 2 aromatic rings. The first-order valence-corrected chi connectivity index (χ1v) is 10.8. The summed E-state index contributed by atoms with van der Waals surface area (Å²) >= 11 is 0. The highest BCUT2D eigenvalue weighted by molar-refractivity contribution is 7.89.